The van der Waals surface area contributed by atoms with Gasteiger partial charge in [0.25, 0.3) is 5.91 Å². The lowest BCUT2D eigenvalue weighted by molar-refractivity contribution is 0.0399. The molecule has 1 aliphatic rings. The molecule has 0 saturated carbocycles. The van der Waals surface area contributed by atoms with Crippen LogP contribution in [0, 0.1) is 6.92 Å². The van der Waals surface area contributed by atoms with Crippen molar-refractivity contribution in [3.63, 3.8) is 0 Å². The number of aliphatic hydroxyl groups is 1. The second-order valence-corrected chi connectivity index (χ2v) is 5.70. The standard InChI is InChI=1S/C12H18N2O2S/c1-8-3-4-11(17-8)12(16)14-6-5-10(15)9(7-14)13-2/h3-4,9-10,13,15H,5-7H2,1-2H3. The lowest BCUT2D eigenvalue weighted by atomic mass is 10.0. The van der Waals surface area contributed by atoms with E-state index in [1.807, 2.05) is 31.0 Å². The molecule has 5 heteroatoms. The Morgan fingerprint density at radius 1 is 1.59 bits per heavy atom. The minimum atomic E-state index is -0.353. The first-order valence-corrected chi connectivity index (χ1v) is 6.64. The molecule has 0 aromatic carbocycles. The molecular weight excluding hydrogens is 236 g/mol. The van der Waals surface area contributed by atoms with E-state index in [4.69, 9.17) is 0 Å². The van der Waals surface area contributed by atoms with Gasteiger partial charge in [0.2, 0.25) is 0 Å². The van der Waals surface area contributed by atoms with Crippen LogP contribution in [0.15, 0.2) is 12.1 Å². The van der Waals surface area contributed by atoms with E-state index in [1.165, 1.54) is 11.3 Å². The zero-order valence-corrected chi connectivity index (χ0v) is 11.0. The number of hydrogen-bond donors (Lipinski definition) is 2. The lowest BCUT2D eigenvalue weighted by Gasteiger charge is -2.35. The van der Waals surface area contributed by atoms with Crippen molar-refractivity contribution in [2.24, 2.45) is 0 Å². The van der Waals surface area contributed by atoms with Crippen LogP contribution in [-0.4, -0.2) is 48.2 Å². The summed E-state index contributed by atoms with van der Waals surface area (Å²) in [5.74, 6) is 0.0789. The van der Waals surface area contributed by atoms with Crippen molar-refractivity contribution < 1.29 is 9.90 Å². The number of rotatable bonds is 2. The lowest BCUT2D eigenvalue weighted by Crippen LogP contribution is -2.54. The normalized spacial score (nSPS) is 25.0. The van der Waals surface area contributed by atoms with E-state index < -0.39 is 0 Å². The first-order chi connectivity index (χ1) is 8.11. The van der Waals surface area contributed by atoms with Crippen molar-refractivity contribution in [2.45, 2.75) is 25.5 Å². The van der Waals surface area contributed by atoms with Gasteiger partial charge in [0.05, 0.1) is 17.0 Å². The number of likely N-dealkylation sites (tertiary alicyclic amines) is 1. The fourth-order valence-corrected chi connectivity index (χ4v) is 2.95. The number of hydrogen-bond acceptors (Lipinski definition) is 4. The summed E-state index contributed by atoms with van der Waals surface area (Å²) < 4.78 is 0. The highest BCUT2D eigenvalue weighted by molar-refractivity contribution is 7.13. The van der Waals surface area contributed by atoms with Crippen LogP contribution in [0.4, 0.5) is 0 Å². The van der Waals surface area contributed by atoms with Crippen molar-refractivity contribution in [3.05, 3.63) is 21.9 Å². The fourth-order valence-electron chi connectivity index (χ4n) is 2.11. The summed E-state index contributed by atoms with van der Waals surface area (Å²) in [5, 5.41) is 12.8. The molecule has 2 rings (SSSR count). The minimum absolute atomic E-state index is 0.0197. The van der Waals surface area contributed by atoms with Crippen LogP contribution in [0.1, 0.15) is 21.0 Å². The van der Waals surface area contributed by atoms with Crippen LogP contribution >= 0.6 is 11.3 Å². The first-order valence-electron chi connectivity index (χ1n) is 5.83. The predicted molar refractivity (Wildman–Crippen MR) is 68.4 cm³/mol. The zero-order chi connectivity index (χ0) is 12.4. The van der Waals surface area contributed by atoms with E-state index in [0.717, 1.165) is 9.75 Å². The van der Waals surface area contributed by atoms with Gasteiger partial charge in [0, 0.05) is 18.0 Å². The van der Waals surface area contributed by atoms with Crippen molar-refractivity contribution in [3.8, 4) is 0 Å². The van der Waals surface area contributed by atoms with Gasteiger partial charge in [-0.2, -0.15) is 0 Å². The van der Waals surface area contributed by atoms with Crippen molar-refractivity contribution in [1.29, 1.82) is 0 Å². The van der Waals surface area contributed by atoms with Gasteiger partial charge < -0.3 is 15.3 Å². The highest BCUT2D eigenvalue weighted by atomic mass is 32.1. The van der Waals surface area contributed by atoms with Crippen LogP contribution < -0.4 is 5.32 Å². The molecule has 0 spiro atoms. The summed E-state index contributed by atoms with van der Waals surface area (Å²) in [6.45, 7) is 3.21. The van der Waals surface area contributed by atoms with E-state index in [1.54, 1.807) is 0 Å². The zero-order valence-electron chi connectivity index (χ0n) is 10.1. The van der Waals surface area contributed by atoms with E-state index >= 15 is 0 Å². The molecule has 1 fully saturated rings. The van der Waals surface area contributed by atoms with Gasteiger partial charge in [-0.15, -0.1) is 11.3 Å². The van der Waals surface area contributed by atoms with Gasteiger partial charge in [-0.05, 0) is 32.5 Å². The Balaban J connectivity index is 2.05. The van der Waals surface area contributed by atoms with Gasteiger partial charge in [0.1, 0.15) is 0 Å². The second kappa shape index (κ2) is 5.16. The average molecular weight is 254 g/mol. The largest absolute Gasteiger partial charge is 0.391 e. The Bertz CT molecular complexity index is 405. The predicted octanol–water partition coefficient (Wildman–Crippen LogP) is 0.851. The van der Waals surface area contributed by atoms with Gasteiger partial charge >= 0.3 is 0 Å². The Kier molecular flexibility index (Phi) is 3.81. The molecule has 2 heterocycles. The fraction of sp³-hybridized carbons (Fsp3) is 0.583. The summed E-state index contributed by atoms with van der Waals surface area (Å²) in [6.07, 6.45) is 0.288. The van der Waals surface area contributed by atoms with Gasteiger partial charge in [-0.1, -0.05) is 0 Å². The number of carbonyl (C=O) groups excluding carboxylic acids is 1. The third-order valence-corrected chi connectivity index (χ3v) is 4.17. The van der Waals surface area contributed by atoms with Crippen LogP contribution in [0.3, 0.4) is 0 Å². The topological polar surface area (TPSA) is 52.6 Å². The molecule has 2 unspecified atom stereocenters. The maximum atomic E-state index is 12.2. The summed E-state index contributed by atoms with van der Waals surface area (Å²) in [5.41, 5.74) is 0. The van der Waals surface area contributed by atoms with E-state index in [0.29, 0.717) is 19.5 Å². The van der Waals surface area contributed by atoms with Crippen LogP contribution in [0.5, 0.6) is 0 Å². The molecule has 0 aliphatic carbocycles. The van der Waals surface area contributed by atoms with E-state index in [2.05, 4.69) is 5.32 Å². The SMILES string of the molecule is CNC1CN(C(=O)c2ccc(C)s2)CCC1O. The van der Waals surface area contributed by atoms with Crippen molar-refractivity contribution in [1.82, 2.24) is 10.2 Å². The number of amides is 1. The number of thiophene rings is 1. The minimum Gasteiger partial charge on any atom is -0.391 e. The summed E-state index contributed by atoms with van der Waals surface area (Å²) >= 11 is 1.53. The Morgan fingerprint density at radius 3 is 2.94 bits per heavy atom. The molecule has 0 radical (unpaired) electrons. The Morgan fingerprint density at radius 2 is 2.35 bits per heavy atom. The molecule has 94 valence electrons. The van der Waals surface area contributed by atoms with Crippen molar-refractivity contribution in [2.75, 3.05) is 20.1 Å². The maximum absolute atomic E-state index is 12.2. The summed E-state index contributed by atoms with van der Waals surface area (Å²) in [6, 6.07) is 3.82. The molecule has 1 amide bonds. The third-order valence-electron chi connectivity index (χ3n) is 3.19. The number of nitrogens with one attached hydrogen (secondary N) is 1. The van der Waals surface area contributed by atoms with Crippen LogP contribution in [0.25, 0.3) is 0 Å². The number of aryl methyl sites for hydroxylation is 1. The highest BCUT2D eigenvalue weighted by Crippen LogP contribution is 2.20. The monoisotopic (exact) mass is 254 g/mol. The molecule has 2 N–H and O–H groups in total. The van der Waals surface area contributed by atoms with Gasteiger partial charge in [0.15, 0.2) is 0 Å². The van der Waals surface area contributed by atoms with E-state index in [9.17, 15) is 9.90 Å². The molecule has 0 bridgehead atoms. The quantitative estimate of drug-likeness (QED) is 0.823. The maximum Gasteiger partial charge on any atom is 0.263 e. The molecule has 17 heavy (non-hydrogen) atoms. The number of piperidine rings is 1. The molecule has 1 saturated heterocycles. The number of likely N-dealkylation sites (N-methyl/N-ethyl adjacent to an activating group) is 1. The number of nitrogens with zero attached hydrogens (tertiary/aromatic N) is 1. The number of carbonyl (C=O) groups is 1. The van der Waals surface area contributed by atoms with Gasteiger partial charge in [-0.3, -0.25) is 4.79 Å². The van der Waals surface area contributed by atoms with E-state index in [-0.39, 0.29) is 18.1 Å². The third kappa shape index (κ3) is 2.68. The Labute approximate surface area is 105 Å². The Hall–Kier alpha value is -0.910. The van der Waals surface area contributed by atoms with Crippen LogP contribution in [-0.2, 0) is 0 Å². The smallest absolute Gasteiger partial charge is 0.263 e. The summed E-state index contributed by atoms with van der Waals surface area (Å²) in [4.78, 5) is 16.0. The molecule has 2 atom stereocenters. The molecular formula is C12H18N2O2S. The molecule has 1 aromatic rings. The average Bonchev–Trinajstić information content (AvgIpc) is 2.75. The van der Waals surface area contributed by atoms with Gasteiger partial charge in [-0.25, -0.2) is 0 Å². The number of aliphatic hydroxyl groups excluding tert-OH is 1. The molecule has 4 nitrogen and oxygen atoms in total. The molecule has 1 aromatic heterocycles. The second-order valence-electron chi connectivity index (χ2n) is 4.41. The first kappa shape index (κ1) is 12.5. The summed E-state index contributed by atoms with van der Waals surface area (Å²) in [7, 11) is 1.82. The highest BCUT2D eigenvalue weighted by Gasteiger charge is 2.29. The van der Waals surface area contributed by atoms with Crippen molar-refractivity contribution >= 4 is 17.2 Å². The van der Waals surface area contributed by atoms with Crippen LogP contribution in [0.2, 0.25) is 0 Å². The molecule has 1 aliphatic heterocycles.